The third-order valence-corrected chi connectivity index (χ3v) is 6.08. The maximum Gasteiger partial charge on any atom is 0.255 e. The number of aryl methyl sites for hydroxylation is 1. The number of benzene rings is 2. The van der Waals surface area contributed by atoms with Gasteiger partial charge >= 0.3 is 0 Å². The van der Waals surface area contributed by atoms with Crippen molar-refractivity contribution in [2.45, 2.75) is 19.9 Å². The molecular formula is C27H32N4O3. The molecule has 3 aromatic rings. The van der Waals surface area contributed by atoms with Crippen molar-refractivity contribution < 1.29 is 14.3 Å². The first-order valence-electron chi connectivity index (χ1n) is 11.6. The average molecular weight is 461 g/mol. The SMILES string of the molecule is COc1cccc(CN2CCCN(c3ccc(NC(=O)c4cccc(C)c4)cn3)CC2)c1OC. The number of para-hydroxylation sites is 1. The Balaban J connectivity index is 1.36. The predicted octanol–water partition coefficient (Wildman–Crippen LogP) is 4.37. The van der Waals surface area contributed by atoms with Crippen molar-refractivity contribution in [1.29, 1.82) is 0 Å². The summed E-state index contributed by atoms with van der Waals surface area (Å²) in [5, 5.41) is 2.93. The number of nitrogens with zero attached hydrogens (tertiary/aromatic N) is 3. The van der Waals surface area contributed by atoms with Gasteiger partial charge in [0.15, 0.2) is 11.5 Å². The van der Waals surface area contributed by atoms with Crippen molar-refractivity contribution in [2.75, 3.05) is 50.6 Å². The van der Waals surface area contributed by atoms with Crippen LogP contribution in [0.25, 0.3) is 0 Å². The molecule has 0 bridgehead atoms. The summed E-state index contributed by atoms with van der Waals surface area (Å²) in [5.41, 5.74) is 3.52. The number of hydrogen-bond acceptors (Lipinski definition) is 6. The van der Waals surface area contributed by atoms with E-state index in [4.69, 9.17) is 9.47 Å². The molecule has 4 rings (SSSR count). The summed E-state index contributed by atoms with van der Waals surface area (Å²) >= 11 is 0. The zero-order valence-corrected chi connectivity index (χ0v) is 20.1. The van der Waals surface area contributed by atoms with E-state index < -0.39 is 0 Å². The highest BCUT2D eigenvalue weighted by atomic mass is 16.5. The molecule has 1 amide bonds. The lowest BCUT2D eigenvalue weighted by Gasteiger charge is -2.23. The molecule has 7 heteroatoms. The van der Waals surface area contributed by atoms with E-state index in [2.05, 4.69) is 26.2 Å². The van der Waals surface area contributed by atoms with Crippen LogP contribution in [0.1, 0.15) is 27.9 Å². The van der Waals surface area contributed by atoms with E-state index in [1.165, 1.54) is 0 Å². The van der Waals surface area contributed by atoms with E-state index in [-0.39, 0.29) is 5.91 Å². The number of hydrogen-bond donors (Lipinski definition) is 1. The number of nitrogens with one attached hydrogen (secondary N) is 1. The normalized spacial score (nSPS) is 14.4. The van der Waals surface area contributed by atoms with Crippen LogP contribution in [0.5, 0.6) is 11.5 Å². The van der Waals surface area contributed by atoms with E-state index >= 15 is 0 Å². The van der Waals surface area contributed by atoms with E-state index in [1.807, 2.05) is 55.5 Å². The molecule has 1 saturated heterocycles. The largest absolute Gasteiger partial charge is 0.493 e. The Kier molecular flexibility index (Phi) is 7.65. The second-order valence-electron chi connectivity index (χ2n) is 8.50. The van der Waals surface area contributed by atoms with Crippen LogP contribution in [-0.2, 0) is 6.54 Å². The van der Waals surface area contributed by atoms with Gasteiger partial charge in [-0.3, -0.25) is 9.69 Å². The number of anilines is 2. The Morgan fingerprint density at radius 3 is 2.59 bits per heavy atom. The van der Waals surface area contributed by atoms with Crippen LogP contribution in [0.3, 0.4) is 0 Å². The number of aromatic nitrogens is 1. The Hall–Kier alpha value is -3.58. The standard InChI is InChI=1S/C27H32N4O3/c1-20-7-4-8-21(17-20)27(32)29-23-11-12-25(28-18-23)31-14-6-13-30(15-16-31)19-22-9-5-10-24(33-2)26(22)34-3/h4-5,7-12,17-18H,6,13-16,19H2,1-3H3,(H,29,32). The molecule has 0 atom stereocenters. The summed E-state index contributed by atoms with van der Waals surface area (Å²) in [5.74, 6) is 2.36. The smallest absolute Gasteiger partial charge is 0.255 e. The van der Waals surface area contributed by atoms with Gasteiger partial charge in [0.05, 0.1) is 26.1 Å². The molecular weight excluding hydrogens is 428 g/mol. The zero-order valence-electron chi connectivity index (χ0n) is 20.1. The molecule has 1 aliphatic heterocycles. The highest BCUT2D eigenvalue weighted by molar-refractivity contribution is 6.04. The summed E-state index contributed by atoms with van der Waals surface area (Å²) in [6, 6.07) is 17.5. The molecule has 178 valence electrons. The monoisotopic (exact) mass is 460 g/mol. The minimum Gasteiger partial charge on any atom is -0.493 e. The second-order valence-corrected chi connectivity index (χ2v) is 8.50. The van der Waals surface area contributed by atoms with Crippen molar-refractivity contribution in [3.63, 3.8) is 0 Å². The molecule has 1 N–H and O–H groups in total. The van der Waals surface area contributed by atoms with Crippen molar-refractivity contribution in [2.24, 2.45) is 0 Å². The summed E-state index contributed by atoms with van der Waals surface area (Å²) in [6.07, 6.45) is 2.77. The summed E-state index contributed by atoms with van der Waals surface area (Å²) in [4.78, 5) is 21.9. The molecule has 1 aromatic heterocycles. The average Bonchev–Trinajstić information content (AvgIpc) is 3.10. The van der Waals surface area contributed by atoms with Crippen molar-refractivity contribution in [1.82, 2.24) is 9.88 Å². The Labute approximate surface area is 201 Å². The fraction of sp³-hybridized carbons (Fsp3) is 0.333. The van der Waals surface area contributed by atoms with Gasteiger partial charge in [-0.1, -0.05) is 29.8 Å². The molecule has 0 saturated carbocycles. The van der Waals surface area contributed by atoms with Crippen molar-refractivity contribution >= 4 is 17.4 Å². The van der Waals surface area contributed by atoms with Crippen LogP contribution in [0.15, 0.2) is 60.8 Å². The van der Waals surface area contributed by atoms with Crippen LogP contribution >= 0.6 is 0 Å². The lowest BCUT2D eigenvalue weighted by atomic mass is 10.1. The molecule has 2 heterocycles. The van der Waals surface area contributed by atoms with Crippen LogP contribution in [-0.4, -0.2) is 56.2 Å². The van der Waals surface area contributed by atoms with Gasteiger partial charge in [0.2, 0.25) is 0 Å². The number of amides is 1. The van der Waals surface area contributed by atoms with Gasteiger partial charge < -0.3 is 19.7 Å². The maximum atomic E-state index is 12.5. The van der Waals surface area contributed by atoms with Crippen LogP contribution in [0.4, 0.5) is 11.5 Å². The van der Waals surface area contributed by atoms with Crippen LogP contribution < -0.4 is 19.7 Å². The second kappa shape index (κ2) is 11.0. The Bertz CT molecular complexity index is 1120. The highest BCUT2D eigenvalue weighted by Crippen LogP contribution is 2.31. The van der Waals surface area contributed by atoms with Gasteiger partial charge in [-0.15, -0.1) is 0 Å². The molecule has 1 aliphatic rings. The Morgan fingerprint density at radius 1 is 1.00 bits per heavy atom. The topological polar surface area (TPSA) is 66.9 Å². The predicted molar refractivity (Wildman–Crippen MR) is 135 cm³/mol. The molecule has 2 aromatic carbocycles. The minimum atomic E-state index is -0.128. The zero-order chi connectivity index (χ0) is 23.9. The van der Waals surface area contributed by atoms with E-state index in [9.17, 15) is 4.79 Å². The quantitative estimate of drug-likeness (QED) is 0.565. The number of methoxy groups -OCH3 is 2. The summed E-state index contributed by atoms with van der Waals surface area (Å²) in [7, 11) is 3.35. The first-order valence-corrected chi connectivity index (χ1v) is 11.6. The van der Waals surface area contributed by atoms with E-state index in [0.717, 1.165) is 67.6 Å². The molecule has 7 nitrogen and oxygen atoms in total. The molecule has 0 radical (unpaired) electrons. The Morgan fingerprint density at radius 2 is 1.85 bits per heavy atom. The van der Waals surface area contributed by atoms with Gasteiger partial charge in [-0.2, -0.15) is 0 Å². The fourth-order valence-corrected chi connectivity index (χ4v) is 4.31. The molecule has 0 aliphatic carbocycles. The third-order valence-electron chi connectivity index (χ3n) is 6.08. The van der Waals surface area contributed by atoms with Gasteiger partial charge in [0.1, 0.15) is 5.82 Å². The lowest BCUT2D eigenvalue weighted by molar-refractivity contribution is 0.102. The van der Waals surface area contributed by atoms with Gasteiger partial charge in [-0.05, 0) is 43.7 Å². The molecule has 34 heavy (non-hydrogen) atoms. The number of rotatable bonds is 7. The number of carbonyl (C=O) groups excluding carboxylic acids is 1. The first-order chi connectivity index (χ1) is 16.6. The number of pyridine rings is 1. The van der Waals surface area contributed by atoms with Crippen LogP contribution in [0, 0.1) is 6.92 Å². The van der Waals surface area contributed by atoms with Gasteiger partial charge in [0.25, 0.3) is 5.91 Å². The highest BCUT2D eigenvalue weighted by Gasteiger charge is 2.19. The van der Waals surface area contributed by atoms with E-state index in [1.54, 1.807) is 20.4 Å². The molecule has 0 unspecified atom stereocenters. The van der Waals surface area contributed by atoms with Crippen molar-refractivity contribution in [3.05, 3.63) is 77.5 Å². The van der Waals surface area contributed by atoms with E-state index in [0.29, 0.717) is 11.3 Å². The fourth-order valence-electron chi connectivity index (χ4n) is 4.31. The van der Waals surface area contributed by atoms with Crippen LogP contribution in [0.2, 0.25) is 0 Å². The number of ether oxygens (including phenoxy) is 2. The summed E-state index contributed by atoms with van der Waals surface area (Å²) < 4.78 is 11.0. The minimum absolute atomic E-state index is 0.128. The van der Waals surface area contributed by atoms with Crippen molar-refractivity contribution in [3.8, 4) is 11.5 Å². The maximum absolute atomic E-state index is 12.5. The first kappa shape index (κ1) is 23.6. The van der Waals surface area contributed by atoms with Gasteiger partial charge in [-0.25, -0.2) is 4.98 Å². The molecule has 1 fully saturated rings. The lowest BCUT2D eigenvalue weighted by Crippen LogP contribution is -2.31. The number of carbonyl (C=O) groups is 1. The van der Waals surface area contributed by atoms with Gasteiger partial charge in [0, 0.05) is 43.9 Å². The third kappa shape index (κ3) is 5.66. The molecule has 0 spiro atoms. The summed E-state index contributed by atoms with van der Waals surface area (Å²) in [6.45, 7) is 6.53.